The molecule has 2 fully saturated rings. The van der Waals surface area contributed by atoms with E-state index in [0.717, 1.165) is 11.1 Å². The predicted molar refractivity (Wildman–Crippen MR) is 146 cm³/mol. The highest BCUT2D eigenvalue weighted by atomic mass is 19.1. The number of nitrogens with zero attached hydrogens (tertiary/aromatic N) is 3. The number of carbonyl (C=O) groups is 2. The van der Waals surface area contributed by atoms with Gasteiger partial charge in [0.2, 0.25) is 5.91 Å². The van der Waals surface area contributed by atoms with E-state index in [1.807, 2.05) is 45.0 Å². The number of hydrogen-bond acceptors (Lipinski definition) is 6. The zero-order chi connectivity index (χ0) is 27.9. The second-order valence-electron chi connectivity index (χ2n) is 11.6. The molecule has 5 rings (SSSR count). The summed E-state index contributed by atoms with van der Waals surface area (Å²) in [6, 6.07) is 10.9. The lowest BCUT2D eigenvalue weighted by molar-refractivity contribution is -0.144. The van der Waals surface area contributed by atoms with Gasteiger partial charge in [0.25, 0.3) is 11.5 Å². The molecule has 11 heteroatoms. The second-order valence-corrected chi connectivity index (χ2v) is 11.6. The lowest BCUT2D eigenvalue weighted by Crippen LogP contribution is -2.60. The van der Waals surface area contributed by atoms with Crippen molar-refractivity contribution in [2.45, 2.75) is 46.5 Å². The minimum Gasteiger partial charge on any atom is -0.407 e. The van der Waals surface area contributed by atoms with E-state index >= 15 is 0 Å². The summed E-state index contributed by atoms with van der Waals surface area (Å²) < 4.78 is 27.0. The summed E-state index contributed by atoms with van der Waals surface area (Å²) in [6.07, 6.45) is 1.55. The molecule has 2 amide bonds. The maximum absolute atomic E-state index is 14.0. The molecule has 1 aromatic carbocycles. The number of hydrogen-bond donors (Lipinski definition) is 1. The zero-order valence-corrected chi connectivity index (χ0v) is 22.6. The van der Waals surface area contributed by atoms with E-state index in [9.17, 15) is 18.8 Å². The molecular weight excluding hydrogens is 502 g/mol. The van der Waals surface area contributed by atoms with Gasteiger partial charge in [-0.25, -0.2) is 9.37 Å². The molecule has 2 saturated heterocycles. The highest BCUT2D eigenvalue weighted by Crippen LogP contribution is 2.25. The largest absolute Gasteiger partial charge is 0.495 e. The summed E-state index contributed by atoms with van der Waals surface area (Å²) in [5.74, 6) is -0.987. The number of benzene rings is 1. The Morgan fingerprint density at radius 1 is 1.10 bits per heavy atom. The van der Waals surface area contributed by atoms with Gasteiger partial charge in [0.1, 0.15) is 23.4 Å². The normalized spacial score (nSPS) is 18.1. The van der Waals surface area contributed by atoms with Crippen molar-refractivity contribution in [3.63, 3.8) is 0 Å². The lowest BCUT2D eigenvalue weighted by atomic mass is 9.76. The Morgan fingerprint density at radius 3 is 2.41 bits per heavy atom. The Bertz CT molecular complexity index is 1470. The standard InChI is InChI=1S/C28H32BFN4O5/c1-18-5-7-19(8-6-18)11-32-25(36)22-10-20-9-21(29-38-16-27(2,3)17-39-29)12-31-24(20)34(26(22)37)13-23(35)33-14-28(4,30)15-33/h5-10,12H,11,13-17H2,1-4H3,(H,32,36). The van der Waals surface area contributed by atoms with Crippen LogP contribution in [0.25, 0.3) is 11.0 Å². The summed E-state index contributed by atoms with van der Waals surface area (Å²) in [6.45, 7) is 8.28. The monoisotopic (exact) mass is 534 g/mol. The number of rotatable bonds is 6. The second kappa shape index (κ2) is 10.2. The molecule has 0 saturated carbocycles. The van der Waals surface area contributed by atoms with E-state index in [1.54, 1.807) is 12.3 Å². The van der Waals surface area contributed by atoms with Crippen LogP contribution in [-0.2, 0) is 27.2 Å². The molecule has 0 radical (unpaired) electrons. The van der Waals surface area contributed by atoms with Crippen LogP contribution in [0.3, 0.4) is 0 Å². The van der Waals surface area contributed by atoms with Crippen LogP contribution < -0.4 is 16.3 Å². The lowest BCUT2D eigenvalue weighted by Gasteiger charge is -2.42. The summed E-state index contributed by atoms with van der Waals surface area (Å²) in [5.41, 5.74) is 0.540. The van der Waals surface area contributed by atoms with Gasteiger partial charge >= 0.3 is 7.12 Å². The Labute approximate surface area is 226 Å². The summed E-state index contributed by atoms with van der Waals surface area (Å²) in [5, 5.41) is 3.28. The number of pyridine rings is 2. The number of carbonyl (C=O) groups excluding carboxylic acids is 2. The average Bonchev–Trinajstić information content (AvgIpc) is 2.87. The number of likely N-dealkylation sites (tertiary alicyclic amines) is 1. The number of fused-ring (bicyclic) bond motifs is 1. The van der Waals surface area contributed by atoms with Crippen molar-refractivity contribution in [1.29, 1.82) is 0 Å². The van der Waals surface area contributed by atoms with Gasteiger partial charge in [-0.15, -0.1) is 0 Å². The van der Waals surface area contributed by atoms with Crippen molar-refractivity contribution in [3.8, 4) is 0 Å². The number of aromatic nitrogens is 2. The number of aryl methyl sites for hydroxylation is 1. The summed E-state index contributed by atoms with van der Waals surface area (Å²) in [4.78, 5) is 45.4. The van der Waals surface area contributed by atoms with E-state index in [0.29, 0.717) is 24.1 Å². The third-order valence-electron chi connectivity index (χ3n) is 6.98. The van der Waals surface area contributed by atoms with Gasteiger partial charge in [-0.05, 0) is 31.5 Å². The molecule has 9 nitrogen and oxygen atoms in total. The molecule has 2 aromatic heterocycles. The van der Waals surface area contributed by atoms with Gasteiger partial charge in [0, 0.05) is 42.2 Å². The van der Waals surface area contributed by atoms with Crippen molar-refractivity contribution in [1.82, 2.24) is 19.8 Å². The molecule has 4 heterocycles. The molecule has 0 unspecified atom stereocenters. The SMILES string of the molecule is Cc1ccc(CNC(=O)c2cc3cc(B4OCC(C)(C)CO4)cnc3n(CC(=O)N3CC(C)(F)C3)c2=O)cc1. The van der Waals surface area contributed by atoms with Crippen LogP contribution in [0.15, 0.2) is 47.4 Å². The van der Waals surface area contributed by atoms with Crippen LogP contribution in [0.4, 0.5) is 4.39 Å². The van der Waals surface area contributed by atoms with Gasteiger partial charge in [-0.2, -0.15) is 0 Å². The van der Waals surface area contributed by atoms with Gasteiger partial charge < -0.3 is 19.5 Å². The third kappa shape index (κ3) is 5.89. The van der Waals surface area contributed by atoms with Crippen LogP contribution in [0.1, 0.15) is 42.3 Å². The first kappa shape index (κ1) is 27.0. The Kier molecular flexibility index (Phi) is 7.07. The number of amides is 2. The molecule has 0 atom stereocenters. The van der Waals surface area contributed by atoms with Gasteiger partial charge in [-0.1, -0.05) is 43.7 Å². The maximum atomic E-state index is 14.0. The van der Waals surface area contributed by atoms with Crippen molar-refractivity contribution < 1.29 is 23.3 Å². The molecule has 0 bridgehead atoms. The van der Waals surface area contributed by atoms with Crippen LogP contribution in [0.2, 0.25) is 0 Å². The highest BCUT2D eigenvalue weighted by molar-refractivity contribution is 6.61. The molecule has 3 aromatic rings. The molecular formula is C28H32BFN4O5. The van der Waals surface area contributed by atoms with Crippen LogP contribution >= 0.6 is 0 Å². The minimum absolute atomic E-state index is 0.0421. The first-order chi connectivity index (χ1) is 18.4. The van der Waals surface area contributed by atoms with E-state index < -0.39 is 30.2 Å². The van der Waals surface area contributed by atoms with Crippen LogP contribution in [0.5, 0.6) is 0 Å². The van der Waals surface area contributed by atoms with E-state index in [1.165, 1.54) is 22.5 Å². The number of halogens is 1. The topological polar surface area (TPSA) is 103 Å². The summed E-state index contributed by atoms with van der Waals surface area (Å²) in [7, 11) is -0.640. The molecule has 1 N–H and O–H groups in total. The van der Waals surface area contributed by atoms with Gasteiger partial charge in [0.15, 0.2) is 0 Å². The van der Waals surface area contributed by atoms with Crippen molar-refractivity contribution in [2.24, 2.45) is 5.41 Å². The Hall–Kier alpha value is -3.57. The number of nitrogens with one attached hydrogen (secondary N) is 1. The predicted octanol–water partition coefficient (Wildman–Crippen LogP) is 1.97. The molecule has 2 aliphatic rings. The quantitative estimate of drug-likeness (QED) is 0.486. The van der Waals surface area contributed by atoms with E-state index in [2.05, 4.69) is 10.3 Å². The van der Waals surface area contributed by atoms with E-state index in [4.69, 9.17) is 9.31 Å². The minimum atomic E-state index is -1.44. The van der Waals surface area contributed by atoms with Crippen LogP contribution in [-0.4, -0.2) is 65.4 Å². The smallest absolute Gasteiger partial charge is 0.407 e. The molecule has 0 spiro atoms. The summed E-state index contributed by atoms with van der Waals surface area (Å²) >= 11 is 0. The fourth-order valence-corrected chi connectivity index (χ4v) is 4.75. The fourth-order valence-electron chi connectivity index (χ4n) is 4.75. The van der Waals surface area contributed by atoms with Crippen molar-refractivity contribution in [3.05, 3.63) is 69.6 Å². The van der Waals surface area contributed by atoms with E-state index in [-0.39, 0.29) is 42.8 Å². The molecule has 39 heavy (non-hydrogen) atoms. The maximum Gasteiger partial charge on any atom is 0.495 e. The first-order valence-electron chi connectivity index (χ1n) is 13.0. The fraction of sp³-hybridized carbons (Fsp3) is 0.429. The third-order valence-corrected chi connectivity index (χ3v) is 6.98. The van der Waals surface area contributed by atoms with Crippen molar-refractivity contribution in [2.75, 3.05) is 26.3 Å². The molecule has 204 valence electrons. The zero-order valence-electron chi connectivity index (χ0n) is 22.6. The molecule has 2 aliphatic heterocycles. The average molecular weight is 534 g/mol. The highest BCUT2D eigenvalue weighted by Gasteiger charge is 2.41. The molecule has 0 aliphatic carbocycles. The van der Waals surface area contributed by atoms with Crippen LogP contribution in [0, 0.1) is 12.3 Å². The Balaban J connectivity index is 1.47. The van der Waals surface area contributed by atoms with Gasteiger partial charge in [-0.3, -0.25) is 19.0 Å². The first-order valence-corrected chi connectivity index (χ1v) is 13.0. The van der Waals surface area contributed by atoms with Crippen molar-refractivity contribution >= 4 is 35.4 Å². The number of alkyl halides is 1. The Morgan fingerprint density at radius 2 is 1.77 bits per heavy atom. The van der Waals surface area contributed by atoms with Gasteiger partial charge in [0.05, 0.1) is 13.1 Å².